The summed E-state index contributed by atoms with van der Waals surface area (Å²) in [5.41, 5.74) is 0.715. The summed E-state index contributed by atoms with van der Waals surface area (Å²) >= 11 is 0. The molecule has 13 heavy (non-hydrogen) atoms. The van der Waals surface area contributed by atoms with Gasteiger partial charge in [-0.1, -0.05) is 0 Å². The molecule has 0 aliphatic heterocycles. The highest BCUT2D eigenvalue weighted by atomic mass is 16.4. The number of rotatable bonds is 2. The van der Waals surface area contributed by atoms with E-state index in [4.69, 9.17) is 8.83 Å². The van der Waals surface area contributed by atoms with Crippen LogP contribution in [-0.2, 0) is 0 Å². The Labute approximate surface area is 74.2 Å². The molecule has 0 saturated carbocycles. The molecule has 4 nitrogen and oxygen atoms in total. The number of hydrogen-bond donors (Lipinski definition) is 0. The molecule has 0 aromatic carbocycles. The molecule has 2 heterocycles. The van der Waals surface area contributed by atoms with Crippen LogP contribution in [0.5, 0.6) is 0 Å². The minimum Gasteiger partial charge on any atom is -0.458 e. The van der Waals surface area contributed by atoms with Crippen LogP contribution in [0.15, 0.2) is 27.4 Å². The number of aldehydes is 1. The second kappa shape index (κ2) is 2.90. The lowest BCUT2D eigenvalue weighted by atomic mass is 10.2. The zero-order valence-corrected chi connectivity index (χ0v) is 6.98. The third-order valence-electron chi connectivity index (χ3n) is 1.72. The van der Waals surface area contributed by atoms with Gasteiger partial charge in [0.05, 0.1) is 11.8 Å². The molecule has 2 aromatic heterocycles. The van der Waals surface area contributed by atoms with Gasteiger partial charge in [-0.05, 0) is 6.92 Å². The molecule has 0 aliphatic carbocycles. The van der Waals surface area contributed by atoms with Crippen molar-refractivity contribution < 1.29 is 13.6 Å². The minimum atomic E-state index is 0.283. The Kier molecular flexibility index (Phi) is 1.73. The monoisotopic (exact) mass is 177 g/mol. The average molecular weight is 177 g/mol. The summed E-state index contributed by atoms with van der Waals surface area (Å²) < 4.78 is 10.2. The molecule has 0 fully saturated rings. The fraction of sp³-hybridized carbons (Fsp3) is 0.111. The Morgan fingerprint density at radius 3 is 2.92 bits per heavy atom. The molecule has 2 rings (SSSR count). The van der Waals surface area contributed by atoms with E-state index < -0.39 is 0 Å². The molecule has 0 amide bonds. The Hall–Kier alpha value is -1.84. The van der Waals surface area contributed by atoms with Crippen molar-refractivity contribution in [3.05, 3.63) is 30.0 Å². The van der Waals surface area contributed by atoms with E-state index in [0.717, 1.165) is 0 Å². The van der Waals surface area contributed by atoms with Gasteiger partial charge in [-0.15, -0.1) is 0 Å². The number of aryl methyl sites for hydroxylation is 1. The predicted octanol–water partition coefficient (Wildman–Crippen LogP) is 2.06. The van der Waals surface area contributed by atoms with Crippen molar-refractivity contribution in [3.8, 4) is 11.5 Å². The molecule has 0 radical (unpaired) electrons. The molecule has 66 valence electrons. The maximum Gasteiger partial charge on any atom is 0.229 e. The van der Waals surface area contributed by atoms with Gasteiger partial charge in [0.25, 0.3) is 0 Å². The smallest absolute Gasteiger partial charge is 0.229 e. The number of carbonyl (C=O) groups is 1. The van der Waals surface area contributed by atoms with Crippen LogP contribution in [0.1, 0.15) is 16.3 Å². The number of hydrogen-bond acceptors (Lipinski definition) is 4. The van der Waals surface area contributed by atoms with Crippen LogP contribution in [0.3, 0.4) is 0 Å². The van der Waals surface area contributed by atoms with Gasteiger partial charge in [0.15, 0.2) is 12.0 Å². The first-order valence-corrected chi connectivity index (χ1v) is 3.76. The Bertz CT molecular complexity index is 414. The summed E-state index contributed by atoms with van der Waals surface area (Å²) in [6.07, 6.45) is 3.67. The lowest BCUT2D eigenvalue weighted by molar-refractivity contribution is 0.109. The van der Waals surface area contributed by atoms with E-state index in [1.165, 1.54) is 6.26 Å². The van der Waals surface area contributed by atoms with Crippen molar-refractivity contribution in [3.63, 3.8) is 0 Å². The largest absolute Gasteiger partial charge is 0.458 e. The van der Waals surface area contributed by atoms with E-state index in [9.17, 15) is 4.79 Å². The third-order valence-corrected chi connectivity index (χ3v) is 1.72. The molecule has 2 aromatic rings. The summed E-state index contributed by atoms with van der Waals surface area (Å²) in [6, 6.07) is 1.61. The molecule has 0 aliphatic rings. The van der Waals surface area contributed by atoms with Crippen LogP contribution < -0.4 is 0 Å². The van der Waals surface area contributed by atoms with E-state index in [1.807, 2.05) is 0 Å². The molecule has 0 N–H and O–H groups in total. The first kappa shape index (κ1) is 7.79. The molecule has 0 unspecified atom stereocenters. The van der Waals surface area contributed by atoms with Gasteiger partial charge in [-0.25, -0.2) is 4.98 Å². The highest BCUT2D eigenvalue weighted by Gasteiger charge is 2.11. The maximum absolute atomic E-state index is 10.4. The van der Waals surface area contributed by atoms with Crippen molar-refractivity contribution in [2.75, 3.05) is 0 Å². The number of oxazole rings is 1. The topological polar surface area (TPSA) is 56.2 Å². The predicted molar refractivity (Wildman–Crippen MR) is 44.3 cm³/mol. The Morgan fingerprint density at radius 1 is 1.54 bits per heavy atom. The Morgan fingerprint density at radius 2 is 2.38 bits per heavy atom. The normalized spacial score (nSPS) is 10.2. The summed E-state index contributed by atoms with van der Waals surface area (Å²) in [4.78, 5) is 14.3. The summed E-state index contributed by atoms with van der Waals surface area (Å²) in [5.74, 6) is 1.38. The first-order chi connectivity index (χ1) is 6.31. The maximum atomic E-state index is 10.4. The second-order valence-corrected chi connectivity index (χ2v) is 2.57. The fourth-order valence-electron chi connectivity index (χ4n) is 1.13. The van der Waals surface area contributed by atoms with Crippen molar-refractivity contribution >= 4 is 6.29 Å². The zero-order chi connectivity index (χ0) is 9.26. The highest BCUT2D eigenvalue weighted by Crippen LogP contribution is 2.24. The van der Waals surface area contributed by atoms with E-state index >= 15 is 0 Å². The van der Waals surface area contributed by atoms with Gasteiger partial charge in [-0.2, -0.15) is 0 Å². The van der Waals surface area contributed by atoms with Gasteiger partial charge < -0.3 is 8.83 Å². The van der Waals surface area contributed by atoms with E-state index in [2.05, 4.69) is 4.98 Å². The lowest BCUT2D eigenvalue weighted by Gasteiger charge is -1.88. The van der Waals surface area contributed by atoms with Gasteiger partial charge in [0.2, 0.25) is 5.89 Å². The SMILES string of the molecule is Cc1oc(C=O)cc1-c1ncco1. The third kappa shape index (κ3) is 1.26. The van der Waals surface area contributed by atoms with E-state index in [0.29, 0.717) is 23.5 Å². The van der Waals surface area contributed by atoms with Gasteiger partial charge in [0.1, 0.15) is 12.0 Å². The van der Waals surface area contributed by atoms with Gasteiger partial charge in [0, 0.05) is 6.07 Å². The zero-order valence-electron chi connectivity index (χ0n) is 6.98. The van der Waals surface area contributed by atoms with Crippen LogP contribution >= 0.6 is 0 Å². The second-order valence-electron chi connectivity index (χ2n) is 2.57. The molecule has 0 bridgehead atoms. The van der Waals surface area contributed by atoms with Crippen LogP contribution in [-0.4, -0.2) is 11.3 Å². The number of furan rings is 1. The summed E-state index contributed by atoms with van der Waals surface area (Å²) in [5, 5.41) is 0. The van der Waals surface area contributed by atoms with Crippen LogP contribution in [0, 0.1) is 6.92 Å². The van der Waals surface area contributed by atoms with Gasteiger partial charge >= 0.3 is 0 Å². The first-order valence-electron chi connectivity index (χ1n) is 3.76. The molecular weight excluding hydrogens is 170 g/mol. The molecule has 4 heteroatoms. The van der Waals surface area contributed by atoms with E-state index in [1.54, 1.807) is 19.2 Å². The lowest BCUT2D eigenvalue weighted by Crippen LogP contribution is -1.74. The van der Waals surface area contributed by atoms with Crippen molar-refractivity contribution in [1.29, 1.82) is 0 Å². The summed E-state index contributed by atoms with van der Waals surface area (Å²) in [6.45, 7) is 1.76. The quantitative estimate of drug-likeness (QED) is 0.659. The Balaban J connectivity index is 2.52. The number of carbonyl (C=O) groups excluding carboxylic acids is 1. The van der Waals surface area contributed by atoms with Gasteiger partial charge in [-0.3, -0.25) is 4.79 Å². The average Bonchev–Trinajstić information content (AvgIpc) is 2.72. The molecule has 0 saturated heterocycles. The van der Waals surface area contributed by atoms with Crippen LogP contribution in [0.25, 0.3) is 11.5 Å². The highest BCUT2D eigenvalue weighted by molar-refractivity contribution is 5.74. The number of aromatic nitrogens is 1. The van der Waals surface area contributed by atoms with Crippen molar-refractivity contribution in [2.45, 2.75) is 6.92 Å². The number of nitrogens with zero attached hydrogens (tertiary/aromatic N) is 1. The minimum absolute atomic E-state index is 0.283. The summed E-state index contributed by atoms with van der Waals surface area (Å²) in [7, 11) is 0. The van der Waals surface area contributed by atoms with E-state index in [-0.39, 0.29) is 5.76 Å². The van der Waals surface area contributed by atoms with Crippen LogP contribution in [0.4, 0.5) is 0 Å². The standard InChI is InChI=1S/C9H7NO3/c1-6-8(4-7(5-11)13-6)9-10-2-3-12-9/h2-5H,1H3. The fourth-order valence-corrected chi connectivity index (χ4v) is 1.13. The molecular formula is C9H7NO3. The molecule has 0 spiro atoms. The van der Waals surface area contributed by atoms with Crippen molar-refractivity contribution in [1.82, 2.24) is 4.98 Å². The molecule has 0 atom stereocenters. The van der Waals surface area contributed by atoms with Crippen molar-refractivity contribution in [2.24, 2.45) is 0 Å². The van der Waals surface area contributed by atoms with Crippen LogP contribution in [0.2, 0.25) is 0 Å².